The lowest BCUT2D eigenvalue weighted by molar-refractivity contribution is -0.144. The van der Waals surface area contributed by atoms with Gasteiger partial charge in [-0.05, 0) is 6.92 Å². The SMILES string of the molecule is CCOC(=O)CN(CCOC)Cc1ncc(-c2ccccc2)o1. The molecule has 0 fully saturated rings. The van der Waals surface area contributed by atoms with Crippen LogP contribution in [0.25, 0.3) is 11.3 Å². The third-order valence-electron chi connectivity index (χ3n) is 3.24. The van der Waals surface area contributed by atoms with Gasteiger partial charge in [-0.3, -0.25) is 9.69 Å². The Hall–Kier alpha value is -2.18. The van der Waals surface area contributed by atoms with Crippen molar-refractivity contribution < 1.29 is 18.7 Å². The molecule has 0 saturated heterocycles. The number of hydrogen-bond acceptors (Lipinski definition) is 6. The number of aromatic nitrogens is 1. The normalized spacial score (nSPS) is 10.9. The molecule has 0 bridgehead atoms. The van der Waals surface area contributed by atoms with Crippen LogP contribution in [-0.2, 0) is 20.8 Å². The Morgan fingerprint density at radius 3 is 2.78 bits per heavy atom. The highest BCUT2D eigenvalue weighted by Gasteiger charge is 2.15. The van der Waals surface area contributed by atoms with Crippen LogP contribution in [0, 0.1) is 0 Å². The monoisotopic (exact) mass is 318 g/mol. The summed E-state index contributed by atoms with van der Waals surface area (Å²) in [5, 5.41) is 0. The van der Waals surface area contributed by atoms with E-state index >= 15 is 0 Å². The van der Waals surface area contributed by atoms with Crippen LogP contribution < -0.4 is 0 Å². The summed E-state index contributed by atoms with van der Waals surface area (Å²) in [7, 11) is 1.63. The van der Waals surface area contributed by atoms with Crippen molar-refractivity contribution in [1.82, 2.24) is 9.88 Å². The molecule has 0 N–H and O–H groups in total. The first-order valence-corrected chi connectivity index (χ1v) is 7.60. The van der Waals surface area contributed by atoms with Crippen molar-refractivity contribution in [2.45, 2.75) is 13.5 Å². The number of nitrogens with zero attached hydrogens (tertiary/aromatic N) is 2. The maximum absolute atomic E-state index is 11.7. The molecule has 0 atom stereocenters. The molecule has 0 aliphatic rings. The van der Waals surface area contributed by atoms with E-state index in [2.05, 4.69) is 4.98 Å². The van der Waals surface area contributed by atoms with Crippen molar-refractivity contribution in [3.8, 4) is 11.3 Å². The second-order valence-corrected chi connectivity index (χ2v) is 4.99. The number of methoxy groups -OCH3 is 1. The van der Waals surface area contributed by atoms with Gasteiger partial charge in [0.2, 0.25) is 5.89 Å². The zero-order chi connectivity index (χ0) is 16.5. The first-order chi connectivity index (χ1) is 11.2. The molecule has 0 aliphatic carbocycles. The van der Waals surface area contributed by atoms with Crippen molar-refractivity contribution >= 4 is 5.97 Å². The lowest BCUT2D eigenvalue weighted by Crippen LogP contribution is -2.33. The molecule has 0 aliphatic heterocycles. The minimum atomic E-state index is -0.265. The molecule has 2 aromatic rings. The Kier molecular flexibility index (Phi) is 6.77. The van der Waals surface area contributed by atoms with E-state index in [1.54, 1.807) is 20.2 Å². The molecule has 1 aromatic carbocycles. The summed E-state index contributed by atoms with van der Waals surface area (Å²) in [5.74, 6) is 1.01. The van der Waals surface area contributed by atoms with Gasteiger partial charge in [-0.2, -0.15) is 0 Å². The van der Waals surface area contributed by atoms with Gasteiger partial charge < -0.3 is 13.9 Å². The van der Waals surface area contributed by atoms with Crippen LogP contribution in [-0.4, -0.2) is 49.3 Å². The molecule has 0 saturated carbocycles. The van der Waals surface area contributed by atoms with E-state index in [9.17, 15) is 4.79 Å². The molecule has 1 heterocycles. The molecule has 0 spiro atoms. The third-order valence-corrected chi connectivity index (χ3v) is 3.24. The molecule has 0 amide bonds. The molecule has 6 heteroatoms. The van der Waals surface area contributed by atoms with Crippen LogP contribution >= 0.6 is 0 Å². The fraction of sp³-hybridized carbons (Fsp3) is 0.412. The Morgan fingerprint density at radius 2 is 2.09 bits per heavy atom. The topological polar surface area (TPSA) is 64.8 Å². The van der Waals surface area contributed by atoms with Crippen molar-refractivity contribution in [1.29, 1.82) is 0 Å². The van der Waals surface area contributed by atoms with Crippen molar-refractivity contribution in [2.24, 2.45) is 0 Å². The number of hydrogen-bond donors (Lipinski definition) is 0. The van der Waals surface area contributed by atoms with E-state index < -0.39 is 0 Å². The molecular formula is C17H22N2O4. The lowest BCUT2D eigenvalue weighted by Gasteiger charge is -2.18. The van der Waals surface area contributed by atoms with Gasteiger partial charge in [0.25, 0.3) is 0 Å². The molecular weight excluding hydrogens is 296 g/mol. The van der Waals surface area contributed by atoms with E-state index in [4.69, 9.17) is 13.9 Å². The van der Waals surface area contributed by atoms with Gasteiger partial charge in [-0.1, -0.05) is 30.3 Å². The zero-order valence-electron chi connectivity index (χ0n) is 13.5. The second-order valence-electron chi connectivity index (χ2n) is 4.99. The van der Waals surface area contributed by atoms with Crippen molar-refractivity contribution in [3.63, 3.8) is 0 Å². The summed E-state index contributed by atoms with van der Waals surface area (Å²) in [5.41, 5.74) is 0.972. The molecule has 0 unspecified atom stereocenters. The first-order valence-electron chi connectivity index (χ1n) is 7.60. The fourth-order valence-corrected chi connectivity index (χ4v) is 2.13. The van der Waals surface area contributed by atoms with Crippen LogP contribution in [0.4, 0.5) is 0 Å². The highest BCUT2D eigenvalue weighted by Crippen LogP contribution is 2.20. The highest BCUT2D eigenvalue weighted by atomic mass is 16.5. The van der Waals surface area contributed by atoms with Gasteiger partial charge in [-0.25, -0.2) is 4.98 Å². The number of rotatable bonds is 9. The van der Waals surface area contributed by atoms with Gasteiger partial charge in [-0.15, -0.1) is 0 Å². The quantitative estimate of drug-likeness (QED) is 0.661. The van der Waals surface area contributed by atoms with Crippen LogP contribution in [0.3, 0.4) is 0 Å². The first kappa shape index (κ1) is 17.2. The smallest absolute Gasteiger partial charge is 0.320 e. The molecule has 6 nitrogen and oxygen atoms in total. The Bertz CT molecular complexity index is 598. The zero-order valence-corrected chi connectivity index (χ0v) is 13.5. The van der Waals surface area contributed by atoms with Crippen molar-refractivity contribution in [2.75, 3.05) is 33.4 Å². The largest absolute Gasteiger partial charge is 0.465 e. The predicted molar refractivity (Wildman–Crippen MR) is 85.7 cm³/mol. The van der Waals surface area contributed by atoms with E-state index in [1.807, 2.05) is 35.2 Å². The summed E-state index contributed by atoms with van der Waals surface area (Å²) in [6, 6.07) is 9.77. The third kappa shape index (κ3) is 5.50. The van der Waals surface area contributed by atoms with Gasteiger partial charge in [0, 0.05) is 19.2 Å². The van der Waals surface area contributed by atoms with Gasteiger partial charge >= 0.3 is 5.97 Å². The fourth-order valence-electron chi connectivity index (χ4n) is 2.13. The Morgan fingerprint density at radius 1 is 1.30 bits per heavy atom. The van der Waals surface area contributed by atoms with Crippen LogP contribution in [0.15, 0.2) is 40.9 Å². The Balaban J connectivity index is 2.01. The maximum Gasteiger partial charge on any atom is 0.320 e. The van der Waals surface area contributed by atoms with Crippen LogP contribution in [0.1, 0.15) is 12.8 Å². The summed E-state index contributed by atoms with van der Waals surface area (Å²) in [4.78, 5) is 17.9. The molecule has 1 aromatic heterocycles. The van der Waals surface area contributed by atoms with Crippen molar-refractivity contribution in [3.05, 3.63) is 42.4 Å². The molecule has 23 heavy (non-hydrogen) atoms. The number of benzene rings is 1. The summed E-state index contributed by atoms with van der Waals surface area (Å²) < 4.78 is 15.8. The number of esters is 1. The van der Waals surface area contributed by atoms with E-state index in [0.29, 0.717) is 38.0 Å². The standard InChI is InChI=1S/C17H22N2O4/c1-3-22-17(20)13-19(9-10-21-2)12-16-18-11-15(23-16)14-7-5-4-6-8-14/h4-8,11H,3,9-10,12-13H2,1-2H3. The number of oxazole rings is 1. The van der Waals surface area contributed by atoms with E-state index in [0.717, 1.165) is 5.56 Å². The maximum atomic E-state index is 11.7. The molecule has 124 valence electrons. The number of carbonyl (C=O) groups excluding carboxylic acids is 1. The van der Waals surface area contributed by atoms with Gasteiger partial charge in [0.15, 0.2) is 5.76 Å². The lowest BCUT2D eigenvalue weighted by atomic mass is 10.2. The number of carbonyl (C=O) groups is 1. The Labute approximate surface area is 136 Å². The minimum absolute atomic E-state index is 0.181. The van der Waals surface area contributed by atoms with Gasteiger partial charge in [0.1, 0.15) is 0 Å². The highest BCUT2D eigenvalue weighted by molar-refractivity contribution is 5.71. The second kappa shape index (κ2) is 9.07. The molecule has 2 rings (SSSR count). The number of ether oxygens (including phenoxy) is 2. The summed E-state index contributed by atoms with van der Waals surface area (Å²) in [6.45, 7) is 3.88. The summed E-state index contributed by atoms with van der Waals surface area (Å²) >= 11 is 0. The van der Waals surface area contributed by atoms with Gasteiger partial charge in [0.05, 0.1) is 32.5 Å². The van der Waals surface area contributed by atoms with E-state index in [1.165, 1.54) is 0 Å². The van der Waals surface area contributed by atoms with E-state index in [-0.39, 0.29) is 12.5 Å². The summed E-state index contributed by atoms with van der Waals surface area (Å²) in [6.07, 6.45) is 1.70. The average Bonchev–Trinajstić information content (AvgIpc) is 3.02. The van der Waals surface area contributed by atoms with Crippen LogP contribution in [0.2, 0.25) is 0 Å². The predicted octanol–water partition coefficient (Wildman–Crippen LogP) is 2.35. The molecule has 0 radical (unpaired) electrons. The van der Waals surface area contributed by atoms with Crippen LogP contribution in [0.5, 0.6) is 0 Å². The minimum Gasteiger partial charge on any atom is -0.465 e. The average molecular weight is 318 g/mol.